The van der Waals surface area contributed by atoms with E-state index in [0.717, 1.165) is 21.8 Å². The van der Waals surface area contributed by atoms with E-state index in [1.54, 1.807) is 28.2 Å². The highest BCUT2D eigenvalue weighted by Crippen LogP contribution is 2.40. The van der Waals surface area contributed by atoms with E-state index < -0.39 is 11.3 Å². The van der Waals surface area contributed by atoms with Crippen molar-refractivity contribution in [1.82, 2.24) is 19.3 Å². The number of fused-ring (bicyclic) bond motifs is 1. The van der Waals surface area contributed by atoms with Crippen LogP contribution in [0.25, 0.3) is 21.8 Å². The largest absolute Gasteiger partial charge is 0.383 e. The van der Waals surface area contributed by atoms with E-state index in [2.05, 4.69) is 53.9 Å². The molecule has 10 heteroatoms. The summed E-state index contributed by atoms with van der Waals surface area (Å²) in [4.78, 5) is 5.65. The van der Waals surface area contributed by atoms with Gasteiger partial charge in [-0.15, -0.1) is 11.3 Å². The van der Waals surface area contributed by atoms with Crippen molar-refractivity contribution in [3.05, 3.63) is 40.1 Å². The molecule has 2 atom stereocenters. The van der Waals surface area contributed by atoms with Crippen LogP contribution in [0, 0.1) is 12.8 Å². The van der Waals surface area contributed by atoms with Crippen molar-refractivity contribution < 1.29 is 8.39 Å². The molecule has 0 aromatic carbocycles. The lowest BCUT2D eigenvalue weighted by atomic mass is 10.1. The molecule has 0 bridgehead atoms. The van der Waals surface area contributed by atoms with Gasteiger partial charge in [-0.2, -0.15) is 13.8 Å². The molecule has 1 aliphatic rings. The molecule has 3 aromatic rings. The number of anilines is 1. The second-order valence-corrected chi connectivity index (χ2v) is 9.12. The number of aryl methyl sites for hydroxylation is 1. The van der Waals surface area contributed by atoms with Crippen LogP contribution in [0.1, 0.15) is 31.9 Å². The fourth-order valence-electron chi connectivity index (χ4n) is 2.84. The second-order valence-electron chi connectivity index (χ2n) is 6.97. The zero-order chi connectivity index (χ0) is 20.0. The number of nitrogens with one attached hydrogen (secondary N) is 2. The highest BCUT2D eigenvalue weighted by molar-refractivity contribution is 7.78. The predicted molar refractivity (Wildman–Crippen MR) is 114 cm³/mol. The maximum absolute atomic E-state index is 11.5. The fraction of sp³-hybridized carbons (Fsp3) is 0.333. The number of nitrogens with zero attached hydrogens (tertiary/aromatic N) is 3. The number of aromatic nitrogens is 3. The standard InChI is InChI=1S/C18H20ClN5O2S2/c1-9(2)11(4)22-18-14(15-10(3)5-6-27-15)16(19)23-17-12(7-20-24(17)18)13-8-21-28(25)26-13/h5-9,11,21-22H,1-4H3. The Kier molecular flexibility index (Phi) is 5.07. The molecule has 28 heavy (non-hydrogen) atoms. The summed E-state index contributed by atoms with van der Waals surface area (Å²) in [5.41, 5.74) is 3.11. The number of hydrogen-bond donors (Lipinski definition) is 2. The molecule has 0 amide bonds. The molecule has 0 saturated carbocycles. The number of thiophene rings is 1. The first kappa shape index (κ1) is 19.2. The van der Waals surface area contributed by atoms with E-state index >= 15 is 0 Å². The van der Waals surface area contributed by atoms with E-state index in [-0.39, 0.29) is 6.04 Å². The van der Waals surface area contributed by atoms with Crippen molar-refractivity contribution in [3.63, 3.8) is 0 Å². The van der Waals surface area contributed by atoms with Crippen LogP contribution in [0.15, 0.2) is 23.8 Å². The lowest BCUT2D eigenvalue weighted by molar-refractivity contribution is 0.542. The Bertz CT molecular complexity index is 1110. The van der Waals surface area contributed by atoms with Crippen LogP contribution in [0.2, 0.25) is 5.15 Å². The third-order valence-electron chi connectivity index (χ3n) is 4.77. The van der Waals surface area contributed by atoms with Crippen LogP contribution >= 0.6 is 22.9 Å². The Morgan fingerprint density at radius 2 is 2.18 bits per heavy atom. The van der Waals surface area contributed by atoms with Crippen LogP contribution in [-0.4, -0.2) is 24.8 Å². The first-order valence-corrected chi connectivity index (χ1v) is 11.1. The molecule has 7 nitrogen and oxygen atoms in total. The molecule has 0 fully saturated rings. The summed E-state index contributed by atoms with van der Waals surface area (Å²) >= 11 is 6.70. The summed E-state index contributed by atoms with van der Waals surface area (Å²) < 4.78 is 21.2. The number of halogens is 1. The van der Waals surface area contributed by atoms with Crippen molar-refractivity contribution in [3.8, 4) is 10.4 Å². The molecule has 2 unspecified atom stereocenters. The third-order valence-corrected chi connectivity index (χ3v) is 6.72. The first-order valence-electron chi connectivity index (χ1n) is 8.82. The molecule has 148 valence electrons. The minimum absolute atomic E-state index is 0.185. The highest BCUT2D eigenvalue weighted by atomic mass is 35.5. The van der Waals surface area contributed by atoms with Crippen LogP contribution in [0.5, 0.6) is 0 Å². The van der Waals surface area contributed by atoms with Crippen LogP contribution in [0.4, 0.5) is 5.82 Å². The van der Waals surface area contributed by atoms with Gasteiger partial charge in [-0.05, 0) is 36.8 Å². The normalized spacial score (nSPS) is 17.5. The van der Waals surface area contributed by atoms with E-state index in [1.807, 2.05) is 5.38 Å². The summed E-state index contributed by atoms with van der Waals surface area (Å²) in [5.74, 6) is 1.60. The van der Waals surface area contributed by atoms with Gasteiger partial charge in [0.1, 0.15) is 11.0 Å². The zero-order valence-electron chi connectivity index (χ0n) is 15.8. The predicted octanol–water partition coefficient (Wildman–Crippen LogP) is 4.37. The quantitative estimate of drug-likeness (QED) is 0.579. The fourth-order valence-corrected chi connectivity index (χ4v) is 4.68. The van der Waals surface area contributed by atoms with Crippen molar-refractivity contribution in [1.29, 1.82) is 0 Å². The van der Waals surface area contributed by atoms with Crippen molar-refractivity contribution in [2.75, 3.05) is 5.32 Å². The van der Waals surface area contributed by atoms with E-state index in [1.165, 1.54) is 0 Å². The molecule has 2 N–H and O–H groups in total. The van der Waals surface area contributed by atoms with Gasteiger partial charge in [0.15, 0.2) is 11.4 Å². The van der Waals surface area contributed by atoms with E-state index in [0.29, 0.717) is 28.0 Å². The third kappa shape index (κ3) is 3.27. The molecule has 4 rings (SSSR count). The van der Waals surface area contributed by atoms with E-state index in [9.17, 15) is 4.21 Å². The molecular formula is C18H20ClN5O2S2. The highest BCUT2D eigenvalue weighted by Gasteiger charge is 2.26. The van der Waals surface area contributed by atoms with Gasteiger partial charge < -0.3 is 9.50 Å². The summed E-state index contributed by atoms with van der Waals surface area (Å²) in [7, 11) is 0. The maximum Gasteiger partial charge on any atom is 0.315 e. The van der Waals surface area contributed by atoms with Gasteiger partial charge >= 0.3 is 11.3 Å². The van der Waals surface area contributed by atoms with Crippen LogP contribution in [-0.2, 0) is 15.4 Å². The van der Waals surface area contributed by atoms with Gasteiger partial charge in [-0.25, -0.2) is 4.98 Å². The van der Waals surface area contributed by atoms with Crippen molar-refractivity contribution in [2.45, 2.75) is 33.7 Å². The van der Waals surface area contributed by atoms with Crippen molar-refractivity contribution in [2.24, 2.45) is 5.92 Å². The maximum atomic E-state index is 11.5. The first-order chi connectivity index (χ1) is 13.4. The SMILES string of the molecule is Cc1ccsc1-c1c(Cl)nc2c(C3=CNS(=O)O3)cnn2c1NC(C)C(C)C. The van der Waals surface area contributed by atoms with Crippen LogP contribution < -0.4 is 10.0 Å². The summed E-state index contributed by atoms with van der Waals surface area (Å²) in [5, 5.41) is 10.5. The molecule has 4 heterocycles. The monoisotopic (exact) mass is 437 g/mol. The Morgan fingerprint density at radius 3 is 2.79 bits per heavy atom. The lowest BCUT2D eigenvalue weighted by Gasteiger charge is -2.22. The molecule has 0 spiro atoms. The van der Waals surface area contributed by atoms with Gasteiger partial charge in [-0.1, -0.05) is 25.4 Å². The second kappa shape index (κ2) is 7.38. The van der Waals surface area contributed by atoms with Gasteiger partial charge in [0.25, 0.3) is 0 Å². The summed E-state index contributed by atoms with van der Waals surface area (Å²) in [6, 6.07) is 2.24. The molecule has 0 aliphatic carbocycles. The smallest absolute Gasteiger partial charge is 0.315 e. The topological polar surface area (TPSA) is 80.5 Å². The Morgan fingerprint density at radius 1 is 1.39 bits per heavy atom. The zero-order valence-corrected chi connectivity index (χ0v) is 18.2. The lowest BCUT2D eigenvalue weighted by Crippen LogP contribution is -2.24. The summed E-state index contributed by atoms with van der Waals surface area (Å²) in [6.45, 7) is 8.48. The minimum Gasteiger partial charge on any atom is -0.383 e. The van der Waals surface area contributed by atoms with Crippen molar-refractivity contribution >= 4 is 51.4 Å². The molecule has 1 aliphatic heterocycles. The van der Waals surface area contributed by atoms with Gasteiger partial charge in [-0.3, -0.25) is 4.72 Å². The molecule has 3 aromatic heterocycles. The number of hydrogen-bond acceptors (Lipinski definition) is 6. The van der Waals surface area contributed by atoms with Gasteiger partial charge in [0.2, 0.25) is 0 Å². The molecule has 0 radical (unpaired) electrons. The summed E-state index contributed by atoms with van der Waals surface area (Å²) in [6.07, 6.45) is 3.19. The Balaban J connectivity index is 1.95. The van der Waals surface area contributed by atoms with Gasteiger partial charge in [0, 0.05) is 10.9 Å². The number of rotatable bonds is 5. The average molecular weight is 438 g/mol. The van der Waals surface area contributed by atoms with E-state index in [4.69, 9.17) is 15.8 Å². The average Bonchev–Trinajstić information content (AvgIpc) is 3.35. The van der Waals surface area contributed by atoms with Gasteiger partial charge in [0.05, 0.1) is 23.5 Å². The van der Waals surface area contributed by atoms with Crippen LogP contribution in [0.3, 0.4) is 0 Å². The molecule has 0 saturated heterocycles. The molecular weight excluding hydrogens is 418 g/mol. The Hall–Kier alpha value is -2.10. The minimum atomic E-state index is -1.59. The Labute approximate surface area is 174 Å².